The molecule has 0 saturated heterocycles. The summed E-state index contributed by atoms with van der Waals surface area (Å²) >= 11 is 0. The molecule has 1 N–H and O–H groups in total. The van der Waals surface area contributed by atoms with Crippen LogP contribution in [0.3, 0.4) is 0 Å². The first-order valence-electron chi connectivity index (χ1n) is 3.68. The van der Waals surface area contributed by atoms with E-state index < -0.39 is 5.60 Å². The SMILES string of the molecule is CC(C)(O)C1(C)CCC1. The summed E-state index contributed by atoms with van der Waals surface area (Å²) in [5, 5.41) is 9.60. The van der Waals surface area contributed by atoms with Gasteiger partial charge in [-0.3, -0.25) is 0 Å². The molecule has 54 valence electrons. The summed E-state index contributed by atoms with van der Waals surface area (Å²) < 4.78 is 0. The van der Waals surface area contributed by atoms with Gasteiger partial charge in [0.1, 0.15) is 0 Å². The predicted molar refractivity (Wildman–Crippen MR) is 38.3 cm³/mol. The third kappa shape index (κ3) is 0.983. The van der Waals surface area contributed by atoms with Gasteiger partial charge in [0.25, 0.3) is 0 Å². The van der Waals surface area contributed by atoms with Gasteiger partial charge in [-0.05, 0) is 32.1 Å². The summed E-state index contributed by atoms with van der Waals surface area (Å²) in [4.78, 5) is 0. The fourth-order valence-corrected chi connectivity index (χ4v) is 1.32. The first-order chi connectivity index (χ1) is 3.96. The van der Waals surface area contributed by atoms with Gasteiger partial charge in [0.2, 0.25) is 0 Å². The molecule has 1 aliphatic rings. The zero-order chi connectivity index (χ0) is 7.12. The van der Waals surface area contributed by atoms with Crippen LogP contribution in [0.2, 0.25) is 0 Å². The maximum atomic E-state index is 9.60. The molecule has 0 aromatic carbocycles. The Kier molecular flexibility index (Phi) is 1.35. The Labute approximate surface area is 57.1 Å². The highest BCUT2D eigenvalue weighted by atomic mass is 16.3. The Morgan fingerprint density at radius 2 is 1.78 bits per heavy atom. The van der Waals surface area contributed by atoms with E-state index in [4.69, 9.17) is 0 Å². The molecule has 0 aromatic rings. The van der Waals surface area contributed by atoms with Crippen LogP contribution < -0.4 is 0 Å². The van der Waals surface area contributed by atoms with Gasteiger partial charge in [0.15, 0.2) is 0 Å². The molecule has 0 unspecified atom stereocenters. The minimum absolute atomic E-state index is 0.215. The highest BCUT2D eigenvalue weighted by molar-refractivity contribution is 4.95. The van der Waals surface area contributed by atoms with Crippen LogP contribution in [0.1, 0.15) is 40.0 Å². The van der Waals surface area contributed by atoms with E-state index in [-0.39, 0.29) is 5.41 Å². The Morgan fingerprint density at radius 3 is 1.78 bits per heavy atom. The third-order valence-corrected chi connectivity index (χ3v) is 2.93. The van der Waals surface area contributed by atoms with Gasteiger partial charge in [0.05, 0.1) is 5.60 Å². The van der Waals surface area contributed by atoms with Crippen molar-refractivity contribution in [1.29, 1.82) is 0 Å². The summed E-state index contributed by atoms with van der Waals surface area (Å²) in [5.41, 5.74) is -0.252. The molecule has 1 heteroatoms. The average Bonchev–Trinajstić information content (AvgIpc) is 1.57. The molecule has 1 saturated carbocycles. The minimum Gasteiger partial charge on any atom is -0.390 e. The van der Waals surface area contributed by atoms with Gasteiger partial charge in [-0.15, -0.1) is 0 Å². The van der Waals surface area contributed by atoms with E-state index in [9.17, 15) is 5.11 Å². The van der Waals surface area contributed by atoms with Crippen LogP contribution in [0, 0.1) is 5.41 Å². The van der Waals surface area contributed by atoms with Crippen molar-refractivity contribution in [1.82, 2.24) is 0 Å². The molecular formula is C8H16O. The fraction of sp³-hybridized carbons (Fsp3) is 1.00. The van der Waals surface area contributed by atoms with Crippen LogP contribution in [-0.2, 0) is 0 Å². The van der Waals surface area contributed by atoms with Crippen molar-refractivity contribution in [3.8, 4) is 0 Å². The second-order valence-corrected chi connectivity index (χ2v) is 3.97. The summed E-state index contributed by atoms with van der Waals surface area (Å²) in [6.07, 6.45) is 3.67. The van der Waals surface area contributed by atoms with Crippen LogP contribution in [0.25, 0.3) is 0 Å². The minimum atomic E-state index is -0.467. The molecule has 1 fully saturated rings. The lowest BCUT2D eigenvalue weighted by Gasteiger charge is -2.47. The first kappa shape index (κ1) is 7.07. The molecule has 9 heavy (non-hydrogen) atoms. The highest BCUT2D eigenvalue weighted by Gasteiger charge is 2.43. The lowest BCUT2D eigenvalue weighted by Crippen LogP contribution is -2.45. The number of rotatable bonds is 1. The zero-order valence-electron chi connectivity index (χ0n) is 6.57. The largest absolute Gasteiger partial charge is 0.390 e. The van der Waals surface area contributed by atoms with Crippen molar-refractivity contribution in [2.45, 2.75) is 45.6 Å². The second kappa shape index (κ2) is 1.72. The Balaban J connectivity index is 2.59. The Hall–Kier alpha value is -0.0400. The van der Waals surface area contributed by atoms with Crippen LogP contribution in [0.5, 0.6) is 0 Å². The van der Waals surface area contributed by atoms with Crippen molar-refractivity contribution in [2.24, 2.45) is 5.41 Å². The van der Waals surface area contributed by atoms with Crippen LogP contribution in [-0.4, -0.2) is 10.7 Å². The molecule has 0 atom stereocenters. The quantitative estimate of drug-likeness (QED) is 0.572. The zero-order valence-corrected chi connectivity index (χ0v) is 6.57. The normalized spacial score (nSPS) is 25.3. The topological polar surface area (TPSA) is 20.2 Å². The van der Waals surface area contributed by atoms with Gasteiger partial charge in [-0.2, -0.15) is 0 Å². The van der Waals surface area contributed by atoms with Gasteiger partial charge < -0.3 is 5.11 Å². The van der Waals surface area contributed by atoms with Crippen molar-refractivity contribution in [2.75, 3.05) is 0 Å². The molecular weight excluding hydrogens is 112 g/mol. The lowest BCUT2D eigenvalue weighted by molar-refractivity contribution is -0.0902. The van der Waals surface area contributed by atoms with E-state index in [2.05, 4.69) is 6.92 Å². The standard InChI is InChI=1S/C8H16O/c1-7(2,9)8(3)5-4-6-8/h9H,4-6H2,1-3H3. The fourth-order valence-electron chi connectivity index (χ4n) is 1.32. The van der Waals surface area contributed by atoms with Crippen molar-refractivity contribution >= 4 is 0 Å². The lowest BCUT2D eigenvalue weighted by atomic mass is 9.61. The van der Waals surface area contributed by atoms with E-state index in [0.717, 1.165) is 0 Å². The number of aliphatic hydroxyl groups is 1. The van der Waals surface area contributed by atoms with Crippen LogP contribution in [0.15, 0.2) is 0 Å². The monoisotopic (exact) mass is 128 g/mol. The average molecular weight is 128 g/mol. The first-order valence-corrected chi connectivity index (χ1v) is 3.68. The van der Waals surface area contributed by atoms with Crippen molar-refractivity contribution < 1.29 is 5.11 Å². The van der Waals surface area contributed by atoms with E-state index in [0.29, 0.717) is 0 Å². The predicted octanol–water partition coefficient (Wildman–Crippen LogP) is 1.95. The summed E-state index contributed by atoms with van der Waals surface area (Å²) in [7, 11) is 0. The smallest absolute Gasteiger partial charge is 0.0645 e. The molecule has 0 radical (unpaired) electrons. The van der Waals surface area contributed by atoms with E-state index in [1.165, 1.54) is 19.3 Å². The van der Waals surface area contributed by atoms with Crippen molar-refractivity contribution in [3.63, 3.8) is 0 Å². The molecule has 1 aliphatic carbocycles. The molecule has 0 amide bonds. The van der Waals surface area contributed by atoms with Gasteiger partial charge in [0, 0.05) is 0 Å². The van der Waals surface area contributed by atoms with E-state index >= 15 is 0 Å². The summed E-state index contributed by atoms with van der Waals surface area (Å²) in [6.45, 7) is 5.98. The molecule has 0 heterocycles. The Morgan fingerprint density at radius 1 is 1.33 bits per heavy atom. The highest BCUT2D eigenvalue weighted by Crippen LogP contribution is 2.48. The summed E-state index contributed by atoms with van der Waals surface area (Å²) in [6, 6.07) is 0. The van der Waals surface area contributed by atoms with E-state index in [1.807, 2.05) is 13.8 Å². The van der Waals surface area contributed by atoms with Crippen LogP contribution >= 0.6 is 0 Å². The molecule has 0 aromatic heterocycles. The Bertz CT molecular complexity index is 106. The number of hydrogen-bond donors (Lipinski definition) is 1. The maximum Gasteiger partial charge on any atom is 0.0645 e. The summed E-state index contributed by atoms with van der Waals surface area (Å²) in [5.74, 6) is 0. The third-order valence-electron chi connectivity index (χ3n) is 2.93. The maximum absolute atomic E-state index is 9.60. The molecule has 1 nitrogen and oxygen atoms in total. The van der Waals surface area contributed by atoms with Crippen LogP contribution in [0.4, 0.5) is 0 Å². The number of hydrogen-bond acceptors (Lipinski definition) is 1. The second-order valence-electron chi connectivity index (χ2n) is 3.97. The van der Waals surface area contributed by atoms with Gasteiger partial charge in [-0.25, -0.2) is 0 Å². The van der Waals surface area contributed by atoms with Gasteiger partial charge in [-0.1, -0.05) is 13.3 Å². The van der Waals surface area contributed by atoms with E-state index in [1.54, 1.807) is 0 Å². The molecule has 0 aliphatic heterocycles. The molecule has 0 bridgehead atoms. The molecule has 0 spiro atoms. The molecule has 1 rings (SSSR count). The van der Waals surface area contributed by atoms with Gasteiger partial charge >= 0.3 is 0 Å². The van der Waals surface area contributed by atoms with Crippen molar-refractivity contribution in [3.05, 3.63) is 0 Å².